The van der Waals surface area contributed by atoms with Crippen LogP contribution in [0, 0.1) is 11.8 Å². The molecule has 1 fully saturated rings. The van der Waals surface area contributed by atoms with Crippen molar-refractivity contribution in [2.45, 2.75) is 38.5 Å². The second-order valence-electron chi connectivity index (χ2n) is 4.85. The highest BCUT2D eigenvalue weighted by atomic mass is 32.1. The van der Waals surface area contributed by atoms with E-state index in [2.05, 4.69) is 22.7 Å². The Morgan fingerprint density at radius 2 is 2.12 bits per heavy atom. The van der Waals surface area contributed by atoms with Crippen LogP contribution in [0.15, 0.2) is 11.6 Å². The van der Waals surface area contributed by atoms with Gasteiger partial charge in [-0.3, -0.25) is 0 Å². The molecule has 3 heteroatoms. The van der Waals surface area contributed by atoms with Crippen LogP contribution in [0.5, 0.6) is 0 Å². The van der Waals surface area contributed by atoms with E-state index in [1.807, 2.05) is 17.5 Å². The molecule has 16 heavy (non-hydrogen) atoms. The van der Waals surface area contributed by atoms with E-state index in [9.17, 15) is 0 Å². The fourth-order valence-corrected chi connectivity index (χ4v) is 3.55. The summed E-state index contributed by atoms with van der Waals surface area (Å²) in [6.07, 6.45) is 10.2. The number of aromatic nitrogens is 1. The predicted octanol–water partition coefficient (Wildman–Crippen LogP) is 3.10. The molecule has 0 radical (unpaired) electrons. The van der Waals surface area contributed by atoms with Gasteiger partial charge in [0.15, 0.2) is 0 Å². The molecule has 0 bridgehead atoms. The highest BCUT2D eigenvalue weighted by Gasteiger charge is 2.23. The molecule has 1 heterocycles. The van der Waals surface area contributed by atoms with Crippen molar-refractivity contribution in [3.8, 4) is 0 Å². The van der Waals surface area contributed by atoms with Crippen molar-refractivity contribution in [2.75, 3.05) is 13.6 Å². The van der Waals surface area contributed by atoms with Gasteiger partial charge in [0.2, 0.25) is 0 Å². The number of hydrogen-bond acceptors (Lipinski definition) is 3. The molecule has 1 saturated carbocycles. The summed E-state index contributed by atoms with van der Waals surface area (Å²) in [5.41, 5.74) is 0. The Morgan fingerprint density at radius 3 is 2.81 bits per heavy atom. The first-order valence-electron chi connectivity index (χ1n) is 6.43. The first-order valence-corrected chi connectivity index (χ1v) is 7.31. The second kappa shape index (κ2) is 6.36. The van der Waals surface area contributed by atoms with E-state index in [0.29, 0.717) is 0 Å². The van der Waals surface area contributed by atoms with E-state index in [4.69, 9.17) is 0 Å². The fourth-order valence-electron chi connectivity index (χ4n) is 2.84. The summed E-state index contributed by atoms with van der Waals surface area (Å²) in [7, 11) is 2.07. The summed E-state index contributed by atoms with van der Waals surface area (Å²) in [4.78, 5) is 4.43. The first-order chi connectivity index (χ1) is 7.90. The molecule has 1 N–H and O–H groups in total. The maximum absolute atomic E-state index is 4.43. The molecule has 2 unspecified atom stereocenters. The Kier molecular flexibility index (Phi) is 4.79. The van der Waals surface area contributed by atoms with Gasteiger partial charge in [-0.1, -0.05) is 19.3 Å². The summed E-state index contributed by atoms with van der Waals surface area (Å²) < 4.78 is 0. The van der Waals surface area contributed by atoms with Crippen LogP contribution >= 0.6 is 11.3 Å². The average Bonchev–Trinajstić information content (AvgIpc) is 2.69. The molecule has 90 valence electrons. The van der Waals surface area contributed by atoms with Gasteiger partial charge < -0.3 is 5.32 Å². The molecule has 2 rings (SSSR count). The highest BCUT2D eigenvalue weighted by molar-refractivity contribution is 7.09. The topological polar surface area (TPSA) is 24.9 Å². The third-order valence-electron chi connectivity index (χ3n) is 3.70. The molecule has 0 saturated heterocycles. The van der Waals surface area contributed by atoms with Crippen LogP contribution in [0.2, 0.25) is 0 Å². The number of thiazole rings is 1. The van der Waals surface area contributed by atoms with Crippen LogP contribution in [0.1, 0.15) is 37.1 Å². The van der Waals surface area contributed by atoms with Crippen LogP contribution in [0.25, 0.3) is 0 Å². The number of hydrogen-bond donors (Lipinski definition) is 1. The summed E-state index contributed by atoms with van der Waals surface area (Å²) in [5, 5.41) is 6.78. The molecule has 0 aliphatic heterocycles. The van der Waals surface area contributed by atoms with Crippen LogP contribution in [-0.4, -0.2) is 18.6 Å². The minimum atomic E-state index is 0.848. The summed E-state index contributed by atoms with van der Waals surface area (Å²) in [5.74, 6) is 1.71. The lowest BCUT2D eigenvalue weighted by molar-refractivity contribution is 0.303. The van der Waals surface area contributed by atoms with Gasteiger partial charge >= 0.3 is 0 Å². The van der Waals surface area contributed by atoms with Gasteiger partial charge in [-0.2, -0.15) is 0 Å². The Bertz CT molecular complexity index is 284. The van der Waals surface area contributed by atoms with Gasteiger partial charge in [0, 0.05) is 18.0 Å². The lowest BCUT2D eigenvalue weighted by Crippen LogP contribution is -2.26. The molecule has 1 aliphatic rings. The second-order valence-corrected chi connectivity index (χ2v) is 5.82. The third kappa shape index (κ3) is 3.29. The smallest absolute Gasteiger partial charge is 0.0927 e. The fraction of sp³-hybridized carbons (Fsp3) is 0.769. The molecule has 0 spiro atoms. The Hall–Kier alpha value is -0.410. The predicted molar refractivity (Wildman–Crippen MR) is 69.8 cm³/mol. The van der Waals surface area contributed by atoms with E-state index in [1.54, 1.807) is 0 Å². The maximum atomic E-state index is 4.43. The quantitative estimate of drug-likeness (QED) is 0.815. The van der Waals surface area contributed by atoms with Crippen LogP contribution in [-0.2, 0) is 6.42 Å². The lowest BCUT2D eigenvalue weighted by Gasteiger charge is -2.24. The minimum Gasteiger partial charge on any atom is -0.319 e. The zero-order chi connectivity index (χ0) is 11.2. The van der Waals surface area contributed by atoms with Crippen LogP contribution in [0.4, 0.5) is 0 Å². The number of nitrogens with zero attached hydrogens (tertiary/aromatic N) is 1. The van der Waals surface area contributed by atoms with Gasteiger partial charge in [0.25, 0.3) is 0 Å². The van der Waals surface area contributed by atoms with E-state index in [0.717, 1.165) is 11.8 Å². The van der Waals surface area contributed by atoms with Gasteiger partial charge in [0.05, 0.1) is 5.01 Å². The maximum Gasteiger partial charge on any atom is 0.0927 e. The van der Waals surface area contributed by atoms with Crippen LogP contribution in [0.3, 0.4) is 0 Å². The highest BCUT2D eigenvalue weighted by Crippen LogP contribution is 2.31. The van der Waals surface area contributed by atoms with Gasteiger partial charge in [-0.25, -0.2) is 4.98 Å². The molecule has 2 atom stereocenters. The largest absolute Gasteiger partial charge is 0.319 e. The van der Waals surface area contributed by atoms with E-state index in [1.165, 1.54) is 50.1 Å². The number of nitrogens with one attached hydrogen (secondary N) is 1. The zero-order valence-electron chi connectivity index (χ0n) is 10.1. The van der Waals surface area contributed by atoms with Crippen molar-refractivity contribution in [1.29, 1.82) is 0 Å². The molecule has 0 amide bonds. The summed E-state index contributed by atoms with van der Waals surface area (Å²) in [6.45, 7) is 1.18. The van der Waals surface area contributed by atoms with Crippen molar-refractivity contribution in [3.05, 3.63) is 16.6 Å². The SMILES string of the molecule is CNCC1CCCCCC1Cc1nccs1. The van der Waals surface area contributed by atoms with E-state index >= 15 is 0 Å². The lowest BCUT2D eigenvalue weighted by atomic mass is 9.85. The van der Waals surface area contributed by atoms with Gasteiger partial charge in [-0.05, 0) is 38.3 Å². The number of rotatable bonds is 4. The van der Waals surface area contributed by atoms with Crippen molar-refractivity contribution in [1.82, 2.24) is 10.3 Å². The average molecular weight is 238 g/mol. The Balaban J connectivity index is 1.96. The minimum absolute atomic E-state index is 0.848. The van der Waals surface area contributed by atoms with E-state index in [-0.39, 0.29) is 0 Å². The molecular weight excluding hydrogens is 216 g/mol. The molecule has 2 nitrogen and oxygen atoms in total. The van der Waals surface area contributed by atoms with Crippen LogP contribution < -0.4 is 5.32 Å². The molecule has 1 aromatic rings. The normalized spacial score (nSPS) is 26.6. The monoisotopic (exact) mass is 238 g/mol. The van der Waals surface area contributed by atoms with Crippen molar-refractivity contribution in [2.24, 2.45) is 11.8 Å². The molecule has 0 aromatic carbocycles. The van der Waals surface area contributed by atoms with Crippen molar-refractivity contribution >= 4 is 11.3 Å². The Morgan fingerprint density at radius 1 is 1.31 bits per heavy atom. The summed E-state index contributed by atoms with van der Waals surface area (Å²) >= 11 is 1.81. The molecular formula is C13H22N2S. The zero-order valence-corrected chi connectivity index (χ0v) is 10.9. The molecule has 1 aliphatic carbocycles. The first kappa shape index (κ1) is 12.1. The van der Waals surface area contributed by atoms with Gasteiger partial charge in [0.1, 0.15) is 0 Å². The summed E-state index contributed by atoms with van der Waals surface area (Å²) in [6, 6.07) is 0. The van der Waals surface area contributed by atoms with Gasteiger partial charge in [-0.15, -0.1) is 11.3 Å². The molecule has 1 aromatic heterocycles. The van der Waals surface area contributed by atoms with Crippen molar-refractivity contribution in [3.63, 3.8) is 0 Å². The van der Waals surface area contributed by atoms with E-state index < -0.39 is 0 Å². The Labute approximate surface area is 102 Å². The standard InChI is InChI=1S/C13H22N2S/c1-14-10-12-6-4-2-3-5-11(12)9-13-15-7-8-16-13/h7-8,11-12,14H,2-6,9-10H2,1H3. The van der Waals surface area contributed by atoms with Crippen molar-refractivity contribution < 1.29 is 0 Å². The third-order valence-corrected chi connectivity index (χ3v) is 4.51.